The fourth-order valence-electron chi connectivity index (χ4n) is 3.11. The summed E-state index contributed by atoms with van der Waals surface area (Å²) >= 11 is 6.28. The first kappa shape index (κ1) is 23.7. The van der Waals surface area contributed by atoms with Gasteiger partial charge in [0.2, 0.25) is 0 Å². The first-order valence-electron chi connectivity index (χ1n) is 10.0. The van der Waals surface area contributed by atoms with Crippen molar-refractivity contribution in [3.63, 3.8) is 0 Å². The second-order valence-electron chi connectivity index (χ2n) is 8.48. The number of amides is 1. The molecular formula is C22H25ClF2N4O3. The van der Waals surface area contributed by atoms with E-state index in [-0.39, 0.29) is 23.4 Å². The van der Waals surface area contributed by atoms with Crippen LogP contribution < -0.4 is 9.64 Å². The van der Waals surface area contributed by atoms with Gasteiger partial charge in [-0.1, -0.05) is 43.6 Å². The van der Waals surface area contributed by atoms with Gasteiger partial charge in [0.15, 0.2) is 10.8 Å². The summed E-state index contributed by atoms with van der Waals surface area (Å²) in [5.41, 5.74) is 1.09. The van der Waals surface area contributed by atoms with Gasteiger partial charge in [-0.3, -0.25) is 4.90 Å². The van der Waals surface area contributed by atoms with Crippen LogP contribution in [0.1, 0.15) is 51.8 Å². The van der Waals surface area contributed by atoms with Gasteiger partial charge in [-0.15, -0.1) is 0 Å². The van der Waals surface area contributed by atoms with Gasteiger partial charge in [0.1, 0.15) is 11.4 Å². The van der Waals surface area contributed by atoms with E-state index in [0.29, 0.717) is 16.9 Å². The summed E-state index contributed by atoms with van der Waals surface area (Å²) < 4.78 is 37.6. The van der Waals surface area contributed by atoms with Gasteiger partial charge >= 0.3 is 12.7 Å². The molecule has 0 atom stereocenters. The van der Waals surface area contributed by atoms with Crippen molar-refractivity contribution < 1.29 is 23.0 Å². The second kappa shape index (κ2) is 9.28. The van der Waals surface area contributed by atoms with E-state index in [1.807, 2.05) is 13.8 Å². The third-order valence-corrected chi connectivity index (χ3v) is 4.64. The monoisotopic (exact) mass is 466 g/mol. The fourth-order valence-corrected chi connectivity index (χ4v) is 3.29. The highest BCUT2D eigenvalue weighted by Crippen LogP contribution is 2.31. The van der Waals surface area contributed by atoms with Crippen molar-refractivity contribution in [3.05, 3.63) is 52.9 Å². The summed E-state index contributed by atoms with van der Waals surface area (Å²) in [6, 6.07) is 7.75. The van der Waals surface area contributed by atoms with Crippen molar-refractivity contribution in [2.24, 2.45) is 0 Å². The number of carbonyl (C=O) groups is 1. The highest BCUT2D eigenvalue weighted by molar-refractivity contribution is 6.29. The van der Waals surface area contributed by atoms with Gasteiger partial charge in [-0.2, -0.15) is 13.9 Å². The van der Waals surface area contributed by atoms with Crippen molar-refractivity contribution in [2.45, 2.75) is 59.3 Å². The number of benzene rings is 1. The van der Waals surface area contributed by atoms with E-state index in [1.54, 1.807) is 49.7 Å². The Kier molecular flexibility index (Phi) is 6.88. The van der Waals surface area contributed by atoms with Gasteiger partial charge in [0.05, 0.1) is 24.1 Å². The second-order valence-corrected chi connectivity index (χ2v) is 8.87. The van der Waals surface area contributed by atoms with Gasteiger partial charge in [0.25, 0.3) is 0 Å². The molecule has 0 saturated carbocycles. The molecule has 1 amide bonds. The molecule has 3 aromatic rings. The number of hydrogen-bond donors (Lipinski definition) is 0. The van der Waals surface area contributed by atoms with Crippen LogP contribution in [-0.4, -0.2) is 32.9 Å². The van der Waals surface area contributed by atoms with Gasteiger partial charge < -0.3 is 9.47 Å². The Balaban J connectivity index is 2.14. The van der Waals surface area contributed by atoms with Crippen molar-refractivity contribution >= 4 is 29.0 Å². The number of ether oxygens (including phenoxy) is 2. The largest absolute Gasteiger partial charge is 0.443 e. The van der Waals surface area contributed by atoms with Crippen LogP contribution in [0.3, 0.4) is 0 Å². The van der Waals surface area contributed by atoms with Crippen molar-refractivity contribution in [1.29, 1.82) is 0 Å². The predicted molar refractivity (Wildman–Crippen MR) is 118 cm³/mol. The third-order valence-electron chi connectivity index (χ3n) is 4.46. The lowest BCUT2D eigenvalue weighted by Crippen LogP contribution is -2.37. The van der Waals surface area contributed by atoms with Crippen LogP contribution in [0.2, 0.25) is 5.15 Å². The molecule has 32 heavy (non-hydrogen) atoms. The first-order valence-corrected chi connectivity index (χ1v) is 10.4. The molecule has 172 valence electrons. The molecule has 0 spiro atoms. The van der Waals surface area contributed by atoms with E-state index in [4.69, 9.17) is 16.3 Å². The van der Waals surface area contributed by atoms with Gasteiger partial charge in [-0.05, 0) is 32.8 Å². The number of halogens is 3. The molecule has 0 aliphatic rings. The van der Waals surface area contributed by atoms with Crippen LogP contribution in [0.5, 0.6) is 5.75 Å². The summed E-state index contributed by atoms with van der Waals surface area (Å²) in [7, 11) is 0. The molecule has 0 radical (unpaired) electrons. The smallest absolute Gasteiger partial charge is 0.415 e. The molecule has 10 heteroatoms. The zero-order valence-corrected chi connectivity index (χ0v) is 19.2. The Labute approximate surface area is 189 Å². The maximum Gasteiger partial charge on any atom is 0.415 e. The highest BCUT2D eigenvalue weighted by atomic mass is 35.5. The van der Waals surface area contributed by atoms with E-state index >= 15 is 0 Å². The van der Waals surface area contributed by atoms with E-state index < -0.39 is 18.3 Å². The number of alkyl halides is 2. The number of hydrogen-bond acceptors (Lipinski definition) is 5. The molecule has 1 aromatic carbocycles. The van der Waals surface area contributed by atoms with Crippen LogP contribution in [-0.2, 0) is 11.3 Å². The lowest BCUT2D eigenvalue weighted by molar-refractivity contribution is -0.0504. The molecule has 2 aromatic heterocycles. The standard InChI is InChI=1S/C22H25ClF2N4O3/c1-13(2)16-11-26-19-15(10-18(23)27-29(16)19)28(21(30)32-22(3,4)5)12-14-8-6-7-9-17(14)31-20(24)25/h6-11,13,20H,12H2,1-5H3. The Hall–Kier alpha value is -2.94. The van der Waals surface area contributed by atoms with E-state index in [2.05, 4.69) is 14.8 Å². The summed E-state index contributed by atoms with van der Waals surface area (Å²) in [6.45, 7) is 6.05. The molecule has 0 bridgehead atoms. The fraction of sp³-hybridized carbons (Fsp3) is 0.409. The number of carbonyl (C=O) groups excluding carboxylic acids is 1. The van der Waals surface area contributed by atoms with E-state index in [0.717, 1.165) is 5.69 Å². The lowest BCUT2D eigenvalue weighted by atomic mass is 10.1. The van der Waals surface area contributed by atoms with Crippen LogP contribution >= 0.6 is 11.6 Å². The first-order chi connectivity index (χ1) is 15.0. The van der Waals surface area contributed by atoms with E-state index in [9.17, 15) is 13.6 Å². The van der Waals surface area contributed by atoms with Crippen LogP contribution in [0.4, 0.5) is 19.3 Å². The number of para-hydroxylation sites is 1. The average molecular weight is 467 g/mol. The number of aromatic nitrogens is 3. The lowest BCUT2D eigenvalue weighted by Gasteiger charge is -2.28. The molecule has 3 rings (SSSR count). The molecule has 0 unspecified atom stereocenters. The molecule has 0 fully saturated rings. The summed E-state index contributed by atoms with van der Waals surface area (Å²) in [5.74, 6) is 0.0532. The quantitative estimate of drug-likeness (QED) is 0.442. The summed E-state index contributed by atoms with van der Waals surface area (Å²) in [4.78, 5) is 18.9. The zero-order chi connectivity index (χ0) is 23.6. The number of fused-ring (bicyclic) bond motifs is 1. The maximum absolute atomic E-state index is 13.2. The molecule has 0 saturated heterocycles. The van der Waals surface area contributed by atoms with E-state index in [1.165, 1.54) is 17.0 Å². The summed E-state index contributed by atoms with van der Waals surface area (Å²) in [6.07, 6.45) is 0.969. The molecule has 2 heterocycles. The SMILES string of the molecule is CC(C)c1cnc2c(N(Cc3ccccc3OC(F)F)C(=O)OC(C)(C)C)cc(Cl)nn12. The maximum atomic E-state index is 13.2. The van der Waals surface area contributed by atoms with Crippen LogP contribution in [0.15, 0.2) is 36.5 Å². The molecular weight excluding hydrogens is 442 g/mol. The Morgan fingerprint density at radius 1 is 1.25 bits per heavy atom. The van der Waals surface area contributed by atoms with Crippen molar-refractivity contribution in [1.82, 2.24) is 14.6 Å². The molecule has 0 N–H and O–H groups in total. The van der Waals surface area contributed by atoms with Crippen molar-refractivity contribution in [2.75, 3.05) is 4.90 Å². The topological polar surface area (TPSA) is 69.0 Å². The van der Waals surface area contributed by atoms with Gasteiger partial charge in [0, 0.05) is 11.6 Å². The number of imidazole rings is 1. The van der Waals surface area contributed by atoms with Crippen molar-refractivity contribution in [3.8, 4) is 5.75 Å². The molecule has 0 aliphatic carbocycles. The normalized spacial score (nSPS) is 11.9. The Morgan fingerprint density at radius 2 is 1.94 bits per heavy atom. The number of rotatable bonds is 6. The molecule has 7 nitrogen and oxygen atoms in total. The zero-order valence-electron chi connectivity index (χ0n) is 18.5. The highest BCUT2D eigenvalue weighted by Gasteiger charge is 2.28. The Morgan fingerprint density at radius 3 is 2.56 bits per heavy atom. The molecule has 0 aliphatic heterocycles. The minimum atomic E-state index is -3.01. The van der Waals surface area contributed by atoms with Gasteiger partial charge in [-0.25, -0.2) is 14.3 Å². The third kappa shape index (κ3) is 5.45. The van der Waals surface area contributed by atoms with Crippen LogP contribution in [0, 0.1) is 0 Å². The number of nitrogens with zero attached hydrogens (tertiary/aromatic N) is 4. The summed E-state index contributed by atoms with van der Waals surface area (Å²) in [5, 5.41) is 4.45. The minimum absolute atomic E-state index is 0.0431. The number of anilines is 1. The Bertz CT molecular complexity index is 1110. The minimum Gasteiger partial charge on any atom is -0.443 e. The average Bonchev–Trinajstić information content (AvgIpc) is 3.08. The van der Waals surface area contributed by atoms with Crippen LogP contribution in [0.25, 0.3) is 5.65 Å². The predicted octanol–water partition coefficient (Wildman–Crippen LogP) is 6.05.